The van der Waals surface area contributed by atoms with Crippen molar-refractivity contribution in [1.29, 1.82) is 0 Å². The van der Waals surface area contributed by atoms with Crippen LogP contribution >= 0.6 is 24.2 Å². The molecule has 1 N–H and O–H groups in total. The Balaban J connectivity index is 3.03. The van der Waals surface area contributed by atoms with Gasteiger partial charge in [0.05, 0.1) is 16.3 Å². The van der Waals surface area contributed by atoms with Crippen LogP contribution in [-0.2, 0) is 11.0 Å². The summed E-state index contributed by atoms with van der Waals surface area (Å²) in [4.78, 5) is 10.9. The third-order valence-corrected chi connectivity index (χ3v) is 2.32. The second-order valence-electron chi connectivity index (χ2n) is 2.90. The minimum atomic E-state index is -4.54. The average Bonchev–Trinajstić information content (AvgIpc) is 2.19. The van der Waals surface area contributed by atoms with Crippen LogP contribution in [0.5, 0.6) is 0 Å². The number of halogens is 4. The van der Waals surface area contributed by atoms with Crippen molar-refractivity contribution in [2.45, 2.75) is 6.18 Å². The van der Waals surface area contributed by atoms with E-state index in [-0.39, 0.29) is 11.4 Å². The number of hydrogen-bond acceptors (Lipinski definition) is 2. The molecule has 1 aromatic rings. The zero-order chi connectivity index (χ0) is 12.3. The van der Waals surface area contributed by atoms with Crippen molar-refractivity contribution in [1.82, 2.24) is 0 Å². The van der Waals surface area contributed by atoms with E-state index < -0.39 is 22.7 Å². The number of carbonyl (C=O) groups excluding carboxylic acids is 1. The number of nitrogens with one attached hydrogen (secondary N) is 1. The van der Waals surface area contributed by atoms with Gasteiger partial charge in [-0.2, -0.15) is 25.8 Å². The van der Waals surface area contributed by atoms with E-state index in [4.69, 9.17) is 11.6 Å². The van der Waals surface area contributed by atoms with Crippen molar-refractivity contribution < 1.29 is 18.0 Å². The maximum Gasteiger partial charge on any atom is 0.417 e. The molecule has 0 heterocycles. The molecule has 0 aliphatic carbocycles. The van der Waals surface area contributed by atoms with Gasteiger partial charge in [0.25, 0.3) is 0 Å². The second kappa shape index (κ2) is 4.97. The monoisotopic (exact) mass is 269 g/mol. The maximum atomic E-state index is 12.4. The highest BCUT2D eigenvalue weighted by molar-refractivity contribution is 7.81. The average molecular weight is 270 g/mol. The Morgan fingerprint density at radius 3 is 2.56 bits per heavy atom. The van der Waals surface area contributed by atoms with Crippen molar-refractivity contribution in [3.05, 3.63) is 28.8 Å². The molecule has 7 heteroatoms. The lowest BCUT2D eigenvalue weighted by Crippen LogP contribution is -2.14. The summed E-state index contributed by atoms with van der Waals surface area (Å²) in [5.41, 5.74) is -0.943. The zero-order valence-corrected chi connectivity index (χ0v) is 9.46. The maximum absolute atomic E-state index is 12.4. The Bertz CT molecular complexity index is 408. The molecule has 0 saturated carbocycles. The summed E-state index contributed by atoms with van der Waals surface area (Å²) in [6.07, 6.45) is -4.54. The zero-order valence-electron chi connectivity index (χ0n) is 7.81. The van der Waals surface area contributed by atoms with Crippen molar-refractivity contribution in [2.75, 3.05) is 11.1 Å². The van der Waals surface area contributed by atoms with E-state index in [1.54, 1.807) is 0 Å². The first-order valence-electron chi connectivity index (χ1n) is 4.12. The summed E-state index contributed by atoms with van der Waals surface area (Å²) in [6.45, 7) is 0. The van der Waals surface area contributed by atoms with Crippen LogP contribution in [0.1, 0.15) is 5.56 Å². The molecular weight excluding hydrogens is 263 g/mol. The Labute approximate surface area is 100 Å². The van der Waals surface area contributed by atoms with Crippen molar-refractivity contribution >= 4 is 35.8 Å². The highest BCUT2D eigenvalue weighted by atomic mass is 35.5. The minimum Gasteiger partial charge on any atom is -0.325 e. The molecule has 1 rings (SSSR count). The molecule has 0 bridgehead atoms. The van der Waals surface area contributed by atoms with Gasteiger partial charge in [-0.3, -0.25) is 4.79 Å². The van der Waals surface area contributed by atoms with E-state index in [1.807, 2.05) is 0 Å². The summed E-state index contributed by atoms with van der Waals surface area (Å²) in [6, 6.07) is 3.15. The molecule has 0 aliphatic heterocycles. The van der Waals surface area contributed by atoms with Crippen LogP contribution in [0.2, 0.25) is 5.02 Å². The van der Waals surface area contributed by atoms with Crippen molar-refractivity contribution in [2.24, 2.45) is 0 Å². The first-order chi connectivity index (χ1) is 7.34. The van der Waals surface area contributed by atoms with Gasteiger partial charge in [0.15, 0.2) is 0 Å². The predicted octanol–water partition coefficient (Wildman–Crippen LogP) is 3.23. The van der Waals surface area contributed by atoms with Gasteiger partial charge in [0, 0.05) is 5.69 Å². The fourth-order valence-corrected chi connectivity index (χ4v) is 1.32. The second-order valence-corrected chi connectivity index (χ2v) is 3.62. The highest BCUT2D eigenvalue weighted by Gasteiger charge is 2.33. The SMILES string of the molecule is O=C(CS)Nc1ccc(Cl)c(C(F)(F)F)c1. The van der Waals surface area contributed by atoms with Gasteiger partial charge < -0.3 is 5.32 Å². The predicted molar refractivity (Wildman–Crippen MR) is 58.9 cm³/mol. The summed E-state index contributed by atoms with van der Waals surface area (Å²) in [5, 5.41) is 1.85. The lowest BCUT2D eigenvalue weighted by molar-refractivity contribution is -0.137. The molecule has 0 aromatic heterocycles. The third kappa shape index (κ3) is 3.31. The van der Waals surface area contributed by atoms with E-state index in [9.17, 15) is 18.0 Å². The Hall–Kier alpha value is -0.880. The molecule has 0 atom stereocenters. The number of carbonyl (C=O) groups is 1. The van der Waals surface area contributed by atoms with Gasteiger partial charge in [0.1, 0.15) is 0 Å². The number of thiol groups is 1. The standard InChI is InChI=1S/C9H7ClF3NOS/c10-7-2-1-5(14-8(15)4-16)3-6(7)9(11,12)13/h1-3,16H,4H2,(H,14,15). The summed E-state index contributed by atoms with van der Waals surface area (Å²) < 4.78 is 37.3. The molecule has 0 unspecified atom stereocenters. The minimum absolute atomic E-state index is 0.0378. The van der Waals surface area contributed by atoms with E-state index >= 15 is 0 Å². The molecule has 0 aliphatic rings. The molecule has 1 amide bonds. The van der Waals surface area contributed by atoms with Crippen LogP contribution in [0.4, 0.5) is 18.9 Å². The number of amides is 1. The van der Waals surface area contributed by atoms with Crippen LogP contribution in [0, 0.1) is 0 Å². The molecule has 16 heavy (non-hydrogen) atoms. The molecule has 88 valence electrons. The fourth-order valence-electron chi connectivity index (χ4n) is 1.02. The van der Waals surface area contributed by atoms with Crippen LogP contribution in [-0.4, -0.2) is 11.7 Å². The van der Waals surface area contributed by atoms with E-state index in [0.29, 0.717) is 0 Å². The topological polar surface area (TPSA) is 29.1 Å². The number of hydrogen-bond donors (Lipinski definition) is 2. The highest BCUT2D eigenvalue weighted by Crippen LogP contribution is 2.36. The van der Waals surface area contributed by atoms with Crippen LogP contribution in [0.3, 0.4) is 0 Å². The van der Waals surface area contributed by atoms with Crippen molar-refractivity contribution in [3.8, 4) is 0 Å². The van der Waals surface area contributed by atoms with E-state index in [1.165, 1.54) is 6.07 Å². The first kappa shape index (κ1) is 13.2. The Morgan fingerprint density at radius 1 is 1.44 bits per heavy atom. The molecular formula is C9H7ClF3NOS. The molecule has 0 fully saturated rings. The summed E-state index contributed by atoms with van der Waals surface area (Å²) in [5.74, 6) is -0.594. The molecule has 2 nitrogen and oxygen atoms in total. The Morgan fingerprint density at radius 2 is 2.06 bits per heavy atom. The number of anilines is 1. The largest absolute Gasteiger partial charge is 0.417 e. The van der Waals surface area contributed by atoms with Gasteiger partial charge in [-0.05, 0) is 18.2 Å². The van der Waals surface area contributed by atoms with E-state index in [2.05, 4.69) is 17.9 Å². The lowest BCUT2D eigenvalue weighted by Gasteiger charge is -2.11. The van der Waals surface area contributed by atoms with Crippen molar-refractivity contribution in [3.63, 3.8) is 0 Å². The third-order valence-electron chi connectivity index (χ3n) is 1.70. The van der Waals surface area contributed by atoms with Gasteiger partial charge in [-0.25, -0.2) is 0 Å². The van der Waals surface area contributed by atoms with Gasteiger partial charge in [0.2, 0.25) is 5.91 Å². The fraction of sp³-hybridized carbons (Fsp3) is 0.222. The Kier molecular flexibility index (Phi) is 4.09. The van der Waals surface area contributed by atoms with Gasteiger partial charge >= 0.3 is 6.18 Å². The normalized spacial score (nSPS) is 11.3. The van der Waals surface area contributed by atoms with Crippen LogP contribution < -0.4 is 5.32 Å². The molecule has 0 spiro atoms. The van der Waals surface area contributed by atoms with Gasteiger partial charge in [-0.15, -0.1) is 0 Å². The van der Waals surface area contributed by atoms with Gasteiger partial charge in [-0.1, -0.05) is 11.6 Å². The number of benzene rings is 1. The van der Waals surface area contributed by atoms with Crippen LogP contribution in [0.15, 0.2) is 18.2 Å². The number of rotatable bonds is 2. The number of alkyl halides is 3. The smallest absolute Gasteiger partial charge is 0.325 e. The molecule has 0 saturated heterocycles. The quantitative estimate of drug-likeness (QED) is 0.793. The summed E-state index contributed by atoms with van der Waals surface area (Å²) >= 11 is 9.09. The first-order valence-corrected chi connectivity index (χ1v) is 5.13. The van der Waals surface area contributed by atoms with E-state index in [0.717, 1.165) is 12.1 Å². The van der Waals surface area contributed by atoms with Crippen LogP contribution in [0.25, 0.3) is 0 Å². The molecule has 1 aromatic carbocycles. The molecule has 0 radical (unpaired) electrons. The lowest BCUT2D eigenvalue weighted by atomic mass is 10.2. The summed E-state index contributed by atoms with van der Waals surface area (Å²) in [7, 11) is 0.